The first-order valence-corrected chi connectivity index (χ1v) is 6.68. The van der Waals surface area contributed by atoms with Crippen molar-refractivity contribution in [1.29, 1.82) is 0 Å². The van der Waals surface area contributed by atoms with Gasteiger partial charge in [-0.2, -0.15) is 0 Å². The summed E-state index contributed by atoms with van der Waals surface area (Å²) in [5.74, 6) is 1.15. The molecule has 2 aliphatic carbocycles. The van der Waals surface area contributed by atoms with Crippen LogP contribution in [0.2, 0.25) is 0 Å². The minimum atomic E-state index is -0.517. The number of carbonyl (C=O) groups excluding carboxylic acids is 1. The van der Waals surface area contributed by atoms with Crippen LogP contribution < -0.4 is 5.73 Å². The maximum Gasteiger partial charge on any atom is 0.155 e. The van der Waals surface area contributed by atoms with E-state index in [9.17, 15) is 4.79 Å². The zero-order valence-corrected chi connectivity index (χ0v) is 11.1. The fourth-order valence-electron chi connectivity index (χ4n) is 3.46. The van der Waals surface area contributed by atoms with Gasteiger partial charge >= 0.3 is 0 Å². The van der Waals surface area contributed by atoms with Gasteiger partial charge in [0.25, 0.3) is 0 Å². The van der Waals surface area contributed by atoms with Gasteiger partial charge in [-0.3, -0.25) is 4.79 Å². The van der Waals surface area contributed by atoms with E-state index in [-0.39, 0.29) is 10.2 Å². The molecule has 0 aromatic carbocycles. The van der Waals surface area contributed by atoms with Crippen LogP contribution in [0.25, 0.3) is 0 Å². The number of fused-ring (bicyclic) bond motifs is 2. The molecule has 3 heteroatoms. The number of alkyl halides is 1. The van der Waals surface area contributed by atoms with E-state index in [1.54, 1.807) is 0 Å². The summed E-state index contributed by atoms with van der Waals surface area (Å²) in [5.41, 5.74) is 5.70. The highest BCUT2D eigenvalue weighted by atomic mass is 79.9. The Hall–Kier alpha value is 0.110. The van der Waals surface area contributed by atoms with Crippen LogP contribution in [0.3, 0.4) is 0 Å². The van der Waals surface area contributed by atoms with Crippen molar-refractivity contribution in [3.8, 4) is 0 Å². The lowest BCUT2D eigenvalue weighted by Crippen LogP contribution is -2.58. The second-order valence-corrected chi connectivity index (χ2v) is 7.61. The highest BCUT2D eigenvalue weighted by molar-refractivity contribution is 9.10. The van der Waals surface area contributed by atoms with E-state index >= 15 is 0 Å². The number of Topliss-reactive ketones (excluding diaryl/α,β-unsaturated/α-hetero) is 1. The van der Waals surface area contributed by atoms with Gasteiger partial charge in [0.2, 0.25) is 0 Å². The number of hydrogen-bond donors (Lipinski definition) is 1. The van der Waals surface area contributed by atoms with Crippen LogP contribution in [0.1, 0.15) is 46.0 Å². The minimum absolute atomic E-state index is 0.158. The maximum absolute atomic E-state index is 12.2. The van der Waals surface area contributed by atoms with Gasteiger partial charge in [0.05, 0.1) is 5.54 Å². The van der Waals surface area contributed by atoms with Crippen LogP contribution >= 0.6 is 15.9 Å². The van der Waals surface area contributed by atoms with Gasteiger partial charge in [-0.05, 0) is 44.9 Å². The molecular formula is C12H20BrNO. The lowest BCUT2D eigenvalue weighted by molar-refractivity contribution is -0.134. The second-order valence-electron chi connectivity index (χ2n) is 5.70. The molecule has 2 rings (SSSR count). The average Bonchev–Trinajstić information content (AvgIpc) is 2.12. The summed E-state index contributed by atoms with van der Waals surface area (Å²) in [5, 5.41) is 0. The van der Waals surface area contributed by atoms with Crippen molar-refractivity contribution in [3.63, 3.8) is 0 Å². The average molecular weight is 274 g/mol. The van der Waals surface area contributed by atoms with E-state index in [1.807, 2.05) is 6.92 Å². The molecule has 2 fully saturated rings. The third-order valence-electron chi connectivity index (χ3n) is 4.15. The van der Waals surface area contributed by atoms with Gasteiger partial charge in [-0.15, -0.1) is 0 Å². The van der Waals surface area contributed by atoms with Crippen molar-refractivity contribution < 1.29 is 4.79 Å². The maximum atomic E-state index is 12.2. The van der Waals surface area contributed by atoms with Gasteiger partial charge in [0, 0.05) is 10.2 Å². The summed E-state index contributed by atoms with van der Waals surface area (Å²) in [4.78, 5) is 12.2. The highest BCUT2D eigenvalue weighted by Crippen LogP contribution is 2.49. The Morgan fingerprint density at radius 3 is 2.73 bits per heavy atom. The molecule has 2 aliphatic rings. The molecule has 4 unspecified atom stereocenters. The van der Waals surface area contributed by atoms with Crippen molar-refractivity contribution in [1.82, 2.24) is 0 Å². The number of halogens is 1. The summed E-state index contributed by atoms with van der Waals surface area (Å²) in [6, 6.07) is 0. The molecule has 2 N–H and O–H groups in total. The van der Waals surface area contributed by atoms with Crippen molar-refractivity contribution in [3.05, 3.63) is 0 Å². The molecule has 0 aliphatic heterocycles. The molecule has 0 radical (unpaired) electrons. The SMILES string of the molecule is CCC1(N)CC2CC(CC(C)(Br)C2)C1=O. The third-order valence-corrected chi connectivity index (χ3v) is 4.80. The first-order chi connectivity index (χ1) is 6.86. The Balaban J connectivity index is 2.23. The predicted octanol–water partition coefficient (Wildman–Crippen LogP) is 2.64. The van der Waals surface area contributed by atoms with Crippen molar-refractivity contribution in [2.75, 3.05) is 0 Å². The fraction of sp³-hybridized carbons (Fsp3) is 0.917. The number of rotatable bonds is 1. The Labute approximate surface area is 100 Å². The smallest absolute Gasteiger partial charge is 0.155 e. The second kappa shape index (κ2) is 3.56. The number of ketones is 1. The molecule has 86 valence electrons. The zero-order chi connectivity index (χ0) is 11.3. The Kier molecular flexibility index (Phi) is 2.75. The molecule has 2 saturated carbocycles. The van der Waals surface area contributed by atoms with E-state index in [0.29, 0.717) is 11.7 Å². The van der Waals surface area contributed by atoms with E-state index in [2.05, 4.69) is 22.9 Å². The molecule has 4 atom stereocenters. The van der Waals surface area contributed by atoms with Crippen LogP contribution in [0.15, 0.2) is 0 Å². The van der Waals surface area contributed by atoms with Crippen LogP contribution in [0.5, 0.6) is 0 Å². The Morgan fingerprint density at radius 2 is 2.13 bits per heavy atom. The molecule has 2 nitrogen and oxygen atoms in total. The van der Waals surface area contributed by atoms with Crippen LogP contribution in [0, 0.1) is 11.8 Å². The predicted molar refractivity (Wildman–Crippen MR) is 65.0 cm³/mol. The topological polar surface area (TPSA) is 43.1 Å². The van der Waals surface area contributed by atoms with Gasteiger partial charge < -0.3 is 5.73 Å². The van der Waals surface area contributed by atoms with Crippen molar-refractivity contribution >= 4 is 21.7 Å². The third kappa shape index (κ3) is 2.01. The van der Waals surface area contributed by atoms with E-state index in [1.165, 1.54) is 0 Å². The largest absolute Gasteiger partial charge is 0.319 e. The number of carbonyl (C=O) groups is 1. The molecule has 15 heavy (non-hydrogen) atoms. The summed E-state index contributed by atoms with van der Waals surface area (Å²) in [6.07, 6.45) is 4.87. The van der Waals surface area contributed by atoms with Crippen LogP contribution in [-0.4, -0.2) is 15.6 Å². The first kappa shape index (κ1) is 11.6. The van der Waals surface area contributed by atoms with E-state index in [4.69, 9.17) is 5.73 Å². The zero-order valence-electron chi connectivity index (χ0n) is 9.55. The molecule has 2 bridgehead atoms. The van der Waals surface area contributed by atoms with Gasteiger partial charge in [-0.1, -0.05) is 22.9 Å². The van der Waals surface area contributed by atoms with Gasteiger partial charge in [0.15, 0.2) is 5.78 Å². The van der Waals surface area contributed by atoms with E-state index < -0.39 is 5.54 Å². The normalized spacial score (nSPS) is 50.5. The van der Waals surface area contributed by atoms with Crippen LogP contribution in [0.4, 0.5) is 0 Å². The van der Waals surface area contributed by atoms with Crippen molar-refractivity contribution in [2.45, 2.75) is 55.8 Å². The highest BCUT2D eigenvalue weighted by Gasteiger charge is 2.50. The standard InChI is InChI=1S/C12H20BrNO/c1-3-12(14)6-8-4-9(10(12)15)7-11(2,13)5-8/h8-9H,3-7,14H2,1-2H3. The lowest BCUT2D eigenvalue weighted by atomic mass is 9.61. The molecule has 0 heterocycles. The summed E-state index contributed by atoms with van der Waals surface area (Å²) >= 11 is 3.74. The monoisotopic (exact) mass is 273 g/mol. The molecule has 0 aromatic rings. The molecule has 0 amide bonds. The molecule has 0 saturated heterocycles. The van der Waals surface area contributed by atoms with Crippen molar-refractivity contribution in [2.24, 2.45) is 17.6 Å². The van der Waals surface area contributed by atoms with Gasteiger partial charge in [-0.25, -0.2) is 0 Å². The molecule has 0 spiro atoms. The fourth-order valence-corrected chi connectivity index (χ4v) is 4.31. The molecular weight excluding hydrogens is 254 g/mol. The van der Waals surface area contributed by atoms with Crippen LogP contribution in [-0.2, 0) is 4.79 Å². The Morgan fingerprint density at radius 1 is 1.47 bits per heavy atom. The first-order valence-electron chi connectivity index (χ1n) is 5.88. The minimum Gasteiger partial charge on any atom is -0.319 e. The molecule has 0 aromatic heterocycles. The number of nitrogens with two attached hydrogens (primary N) is 1. The summed E-state index contributed by atoms with van der Waals surface area (Å²) in [6.45, 7) is 4.24. The lowest BCUT2D eigenvalue weighted by Gasteiger charge is -2.48. The van der Waals surface area contributed by atoms with E-state index in [0.717, 1.165) is 32.1 Å². The Bertz CT molecular complexity index is 289. The quantitative estimate of drug-likeness (QED) is 0.747. The van der Waals surface area contributed by atoms with Gasteiger partial charge in [0.1, 0.15) is 0 Å². The number of hydrogen-bond acceptors (Lipinski definition) is 2. The summed E-state index contributed by atoms with van der Waals surface area (Å²) < 4.78 is 0.158. The summed E-state index contributed by atoms with van der Waals surface area (Å²) in [7, 11) is 0.